The van der Waals surface area contributed by atoms with E-state index in [1.54, 1.807) is 10.6 Å². The lowest BCUT2D eigenvalue weighted by molar-refractivity contribution is -0.127. The second-order valence-electron chi connectivity index (χ2n) is 11.6. The van der Waals surface area contributed by atoms with E-state index in [9.17, 15) is 19.2 Å². The van der Waals surface area contributed by atoms with Gasteiger partial charge in [-0.1, -0.05) is 66.7 Å². The zero-order chi connectivity index (χ0) is 31.6. The van der Waals surface area contributed by atoms with Crippen LogP contribution in [0.25, 0.3) is 10.9 Å². The van der Waals surface area contributed by atoms with Gasteiger partial charge in [0, 0.05) is 26.2 Å². The molecule has 4 aromatic rings. The SMILES string of the molecule is NC(=O)CC(=O)NCCc1ccc2c(=O)[nH]c(=O)n(CCCCN3CCC(OC(c4ccccc4)c4ccccc4)CC3)c2c1. The summed E-state index contributed by atoms with van der Waals surface area (Å²) in [5.74, 6) is -1.12. The maximum Gasteiger partial charge on any atom is 0.328 e. The highest BCUT2D eigenvalue weighted by molar-refractivity contribution is 5.96. The highest BCUT2D eigenvalue weighted by Gasteiger charge is 2.24. The van der Waals surface area contributed by atoms with Crippen LogP contribution in [0.2, 0.25) is 0 Å². The van der Waals surface area contributed by atoms with E-state index in [1.165, 1.54) is 0 Å². The normalized spacial score (nSPS) is 14.2. The molecule has 3 aromatic carbocycles. The average molecular weight is 612 g/mol. The number of nitrogens with two attached hydrogens (primary N) is 1. The number of likely N-dealkylation sites (tertiary alicyclic amines) is 1. The molecular weight excluding hydrogens is 570 g/mol. The van der Waals surface area contributed by atoms with E-state index in [0.29, 0.717) is 30.4 Å². The molecule has 0 bridgehead atoms. The summed E-state index contributed by atoms with van der Waals surface area (Å²) in [6, 6.07) is 26.1. The molecule has 10 nitrogen and oxygen atoms in total. The number of fused-ring (bicyclic) bond motifs is 1. The van der Waals surface area contributed by atoms with Crippen molar-refractivity contribution in [2.75, 3.05) is 26.2 Å². The topological polar surface area (TPSA) is 140 Å². The summed E-state index contributed by atoms with van der Waals surface area (Å²) >= 11 is 0. The number of hydrogen-bond donors (Lipinski definition) is 3. The molecule has 10 heteroatoms. The maximum absolute atomic E-state index is 12.8. The van der Waals surface area contributed by atoms with Crippen molar-refractivity contribution in [1.29, 1.82) is 0 Å². The predicted octanol–water partition coefficient (Wildman–Crippen LogP) is 3.27. The number of amides is 2. The molecule has 4 N–H and O–H groups in total. The highest BCUT2D eigenvalue weighted by Crippen LogP contribution is 2.30. The van der Waals surface area contributed by atoms with E-state index < -0.39 is 23.1 Å². The largest absolute Gasteiger partial charge is 0.369 e. The minimum Gasteiger partial charge on any atom is -0.369 e. The molecule has 0 aliphatic carbocycles. The Morgan fingerprint density at radius 1 is 0.911 bits per heavy atom. The second kappa shape index (κ2) is 15.5. The zero-order valence-corrected chi connectivity index (χ0v) is 25.5. The van der Waals surface area contributed by atoms with Gasteiger partial charge in [-0.05, 0) is 67.5 Å². The number of carbonyl (C=O) groups is 2. The van der Waals surface area contributed by atoms with Gasteiger partial charge in [-0.3, -0.25) is 23.9 Å². The van der Waals surface area contributed by atoms with E-state index in [2.05, 4.69) is 63.7 Å². The second-order valence-corrected chi connectivity index (χ2v) is 11.6. The van der Waals surface area contributed by atoms with Gasteiger partial charge in [-0.15, -0.1) is 0 Å². The average Bonchev–Trinajstić information content (AvgIpc) is 3.04. The first-order valence-corrected chi connectivity index (χ1v) is 15.7. The molecule has 0 atom stereocenters. The molecule has 236 valence electrons. The summed E-state index contributed by atoms with van der Waals surface area (Å²) in [6.45, 7) is 3.65. The van der Waals surface area contributed by atoms with Crippen LogP contribution in [-0.2, 0) is 27.3 Å². The molecule has 1 aliphatic heterocycles. The number of nitrogens with zero attached hydrogens (tertiary/aromatic N) is 2. The smallest absolute Gasteiger partial charge is 0.328 e. The molecular formula is C35H41N5O5. The number of rotatable bonds is 14. The lowest BCUT2D eigenvalue weighted by Crippen LogP contribution is -2.38. The Morgan fingerprint density at radius 2 is 1.56 bits per heavy atom. The van der Waals surface area contributed by atoms with Gasteiger partial charge in [-0.2, -0.15) is 0 Å². The lowest BCUT2D eigenvalue weighted by Gasteiger charge is -2.34. The van der Waals surface area contributed by atoms with Crippen LogP contribution in [0.15, 0.2) is 88.5 Å². The van der Waals surface area contributed by atoms with Crippen molar-refractivity contribution in [2.24, 2.45) is 5.73 Å². The molecule has 5 rings (SSSR count). The number of primary amides is 1. The van der Waals surface area contributed by atoms with Crippen molar-refractivity contribution in [2.45, 2.75) is 57.3 Å². The van der Waals surface area contributed by atoms with Crippen LogP contribution in [-0.4, -0.2) is 58.5 Å². The molecule has 1 fully saturated rings. The third-order valence-corrected chi connectivity index (χ3v) is 8.31. The summed E-state index contributed by atoms with van der Waals surface area (Å²) in [4.78, 5) is 52.8. The van der Waals surface area contributed by atoms with Crippen molar-refractivity contribution < 1.29 is 14.3 Å². The van der Waals surface area contributed by atoms with Gasteiger partial charge in [-0.25, -0.2) is 4.79 Å². The van der Waals surface area contributed by atoms with Crippen molar-refractivity contribution >= 4 is 22.7 Å². The Hall–Kier alpha value is -4.54. The standard InChI is InChI=1S/C35H41N5O5/c36-31(41)24-32(42)37-18-15-25-13-14-29-30(23-25)40(35(44)38-34(29)43)20-8-7-19-39-21-16-28(17-22-39)45-33(26-9-3-1-4-10-26)27-11-5-2-6-12-27/h1-6,9-14,23,28,33H,7-8,15-22,24H2,(H2,36,41)(H,37,42)(H,38,43,44). The van der Waals surface area contributed by atoms with Gasteiger partial charge in [0.2, 0.25) is 11.8 Å². The van der Waals surface area contributed by atoms with E-state index in [4.69, 9.17) is 10.5 Å². The number of carbonyl (C=O) groups excluding carboxylic acids is 2. The van der Waals surface area contributed by atoms with Crippen molar-refractivity contribution in [3.8, 4) is 0 Å². The fourth-order valence-corrected chi connectivity index (χ4v) is 5.95. The van der Waals surface area contributed by atoms with E-state index in [-0.39, 0.29) is 18.6 Å². The van der Waals surface area contributed by atoms with Gasteiger partial charge >= 0.3 is 5.69 Å². The zero-order valence-electron chi connectivity index (χ0n) is 25.5. The van der Waals surface area contributed by atoms with Crippen LogP contribution in [0.4, 0.5) is 0 Å². The first-order valence-electron chi connectivity index (χ1n) is 15.7. The van der Waals surface area contributed by atoms with Crippen LogP contribution in [0.3, 0.4) is 0 Å². The molecule has 0 radical (unpaired) electrons. The number of aromatic amines is 1. The van der Waals surface area contributed by atoms with Crippen LogP contribution >= 0.6 is 0 Å². The number of aryl methyl sites for hydroxylation is 1. The molecule has 1 aromatic heterocycles. The number of nitrogens with one attached hydrogen (secondary N) is 2. The number of benzene rings is 3. The third kappa shape index (κ3) is 8.77. The van der Waals surface area contributed by atoms with Gasteiger partial charge in [0.15, 0.2) is 0 Å². The molecule has 0 spiro atoms. The fraction of sp³-hybridized carbons (Fsp3) is 0.371. The molecule has 0 unspecified atom stereocenters. The van der Waals surface area contributed by atoms with E-state index in [0.717, 1.165) is 62.0 Å². The van der Waals surface area contributed by atoms with Crippen molar-refractivity contribution in [3.05, 3.63) is 116 Å². The number of ether oxygens (including phenoxy) is 1. The first-order chi connectivity index (χ1) is 21.9. The van der Waals surface area contributed by atoms with Crippen molar-refractivity contribution in [3.63, 3.8) is 0 Å². The Bertz CT molecular complexity index is 1660. The number of piperidine rings is 1. The van der Waals surface area contributed by atoms with Crippen LogP contribution in [0.5, 0.6) is 0 Å². The summed E-state index contributed by atoms with van der Waals surface area (Å²) in [7, 11) is 0. The lowest BCUT2D eigenvalue weighted by atomic mass is 10.00. The first kappa shape index (κ1) is 31.9. The van der Waals surface area contributed by atoms with Gasteiger partial charge in [0.05, 0.1) is 17.0 Å². The number of aromatic nitrogens is 2. The highest BCUT2D eigenvalue weighted by atomic mass is 16.5. The quantitative estimate of drug-likeness (QED) is 0.148. The monoisotopic (exact) mass is 611 g/mol. The summed E-state index contributed by atoms with van der Waals surface area (Å²) in [6.07, 6.45) is 3.85. The minimum atomic E-state index is -0.684. The predicted molar refractivity (Wildman–Crippen MR) is 174 cm³/mol. The molecule has 0 saturated carbocycles. The summed E-state index contributed by atoms with van der Waals surface area (Å²) < 4.78 is 8.31. The van der Waals surface area contributed by atoms with Crippen LogP contribution < -0.4 is 22.3 Å². The summed E-state index contributed by atoms with van der Waals surface area (Å²) in [5.41, 5.74) is 7.99. The van der Waals surface area contributed by atoms with Crippen LogP contribution in [0, 0.1) is 0 Å². The Labute approximate surface area is 262 Å². The van der Waals surface area contributed by atoms with Gasteiger partial charge < -0.3 is 20.7 Å². The minimum absolute atomic E-state index is 0.0875. The maximum atomic E-state index is 12.8. The number of H-pyrrole nitrogens is 1. The molecule has 2 amide bonds. The Morgan fingerprint density at radius 3 is 2.20 bits per heavy atom. The molecule has 1 aliphatic rings. The van der Waals surface area contributed by atoms with E-state index >= 15 is 0 Å². The van der Waals surface area contributed by atoms with E-state index in [1.807, 2.05) is 24.3 Å². The fourth-order valence-electron chi connectivity index (χ4n) is 5.95. The molecule has 2 heterocycles. The Kier molecular flexibility index (Phi) is 10.9. The van der Waals surface area contributed by atoms with Gasteiger partial charge in [0.1, 0.15) is 12.5 Å². The Balaban J connectivity index is 1.12. The van der Waals surface area contributed by atoms with Crippen molar-refractivity contribution in [1.82, 2.24) is 19.8 Å². The summed E-state index contributed by atoms with van der Waals surface area (Å²) in [5, 5.41) is 3.11. The number of unbranched alkanes of at least 4 members (excludes halogenated alkanes) is 1. The molecule has 45 heavy (non-hydrogen) atoms. The van der Waals surface area contributed by atoms with Gasteiger partial charge in [0.25, 0.3) is 5.56 Å². The third-order valence-electron chi connectivity index (χ3n) is 8.31. The number of hydrogen-bond acceptors (Lipinski definition) is 6. The van der Waals surface area contributed by atoms with Crippen LogP contribution in [0.1, 0.15) is 54.9 Å². The molecule has 1 saturated heterocycles.